The molecule has 8 heterocycles. The minimum atomic E-state index is -4.29. The van der Waals surface area contributed by atoms with Crippen molar-refractivity contribution in [2.45, 2.75) is 169 Å². The Hall–Kier alpha value is -6.20. The number of Topliss-reactive ketones (excluding diaryl/α,β-unsaturated/α-hetero) is 4. The molecular weight excluding hydrogens is 1180 g/mol. The molecule has 8 aliphatic heterocycles. The summed E-state index contributed by atoms with van der Waals surface area (Å²) in [5.74, 6) is -30.6. The Bertz CT molecular complexity index is 6090. The van der Waals surface area contributed by atoms with Crippen LogP contribution in [-0.4, -0.2) is 151 Å². The molecule has 4 saturated heterocycles. The number of hydrogen-bond donors (Lipinski definition) is 0. The monoisotopic (exact) mass is 1360 g/mol. The Balaban J connectivity index is 0.000000230. The summed E-state index contributed by atoms with van der Waals surface area (Å²) in [6.45, 7) is -25.8. The fraction of sp³-hybridized carbons (Fsp3) is 0.641. The Morgan fingerprint density at radius 3 is 1.21 bits per heavy atom. The number of aryl methyl sites for hydroxylation is 4. The summed E-state index contributed by atoms with van der Waals surface area (Å²) in [5, 5.41) is 0. The Kier molecular flexibility index (Phi) is 9.36. The van der Waals surface area contributed by atoms with E-state index >= 15 is 0 Å². The van der Waals surface area contributed by atoms with E-state index in [0.29, 0.717) is 24.8 Å². The highest BCUT2D eigenvalue weighted by Gasteiger charge is 2.43. The molecule has 16 heteroatoms. The number of fused-ring (bicyclic) bond motifs is 12. The van der Waals surface area contributed by atoms with E-state index in [-0.39, 0.29) is 55.4 Å². The maximum atomic E-state index is 13.9. The van der Waals surface area contributed by atoms with Crippen LogP contribution in [0.1, 0.15) is 271 Å². The van der Waals surface area contributed by atoms with Gasteiger partial charge in [0.2, 0.25) is 0 Å². The van der Waals surface area contributed by atoms with Crippen LogP contribution in [0.25, 0.3) is 0 Å². The summed E-state index contributed by atoms with van der Waals surface area (Å²) in [7, 11) is -7.86. The summed E-state index contributed by atoms with van der Waals surface area (Å²) in [6.07, 6.45) is -37.6. The molecule has 8 aliphatic rings. The molecule has 0 N–H and O–H groups in total. The molecular formula is C78H112N4O12. The molecule has 0 aliphatic carbocycles. The standard InChI is InChI=1S/2C20H29NO3.2C19H27NO3/c2*1-5-13(2)8-15-12-21-7-6-14-9-19(23-3)20(24-4)10-16(14)17(21)11-18(15)22;2*1-12(2)7-14-11-20-6-5-13-8-18(22-3)19(23-4)9-15(13)16(20)10-17(14)21/h2*9-10,13,15,17H,5-8,11-12H2,1-4H3;2*8-9,12,14,16H,5-7,10-11H2,1-4H3/i2D3,4D3,5D2,6D2,7D2,8D2,12D2,13D,15D,17D;2D3,4D3,5D2,6D2,7D2,8D2,11D2,13D,15D,17D;4D3,5D2,6D2,10D2,11D2,14D,16D;4D3,5D2,6D2,11D2,16D. The lowest BCUT2D eigenvalue weighted by molar-refractivity contribution is -0.130. The molecule has 0 saturated carbocycles. The number of ether oxygens (including phenoxy) is 8. The van der Waals surface area contributed by atoms with Crippen LogP contribution >= 0.6 is 0 Å². The molecule has 4 fully saturated rings. The zero-order chi connectivity index (χ0) is 121. The first kappa shape index (κ1) is 26.9. The van der Waals surface area contributed by atoms with Gasteiger partial charge in [0.05, 0.1) is 78.5 Å². The average Bonchev–Trinajstić information content (AvgIpc) is 0.655. The number of hydrogen-bond acceptors (Lipinski definition) is 16. The SMILES string of the molecule is [2H]C([2H])([2H])Oc1cc2c(cc1OC)C([2H])([2H])C([2H])([2H])N1C([2H])([2H])C([2H])(CC(C)C)C(=O)C([2H])([2H])C21[2H].[2H]C([2H])([2H])Oc1cc2c(cc1OC)C([2H])([2H])C([2H])([2H])N1C2([2H])CC(=O)C(CC(C)C)C1([2H])[2H].[2H]C([2H])([2H])Oc1cc2c(cc1OC)C([2H])([2H])C([2H])([2H])N1C2([2H])CC(=O)C([2H])(C([2H])([2H])C([2H])(C([2H])([2H])[2H])C([2H])([2H])C)C1([2H])[2H].[2H]C([2H])([2H])Oc1cc2c(cc1OC)C([2H])([2H])C([2H])([2H])N1CC([2H])(C([2H])([2H])C([2H])(C([2H])([2H])[2H])C([2H])([2H])C)C(=O)C([2H])([2H])C21[2H]. The van der Waals surface area contributed by atoms with Gasteiger partial charge in [-0.25, -0.2) is 0 Å². The summed E-state index contributed by atoms with van der Waals surface area (Å²) in [6, 6.07) is -5.36. The third kappa shape index (κ3) is 16.4. The first-order valence-electron chi connectivity index (χ1n) is 59.3. The number of benzene rings is 4. The van der Waals surface area contributed by atoms with Crippen molar-refractivity contribution in [2.24, 2.45) is 47.2 Å². The molecule has 0 amide bonds. The lowest BCUT2D eigenvalue weighted by Gasteiger charge is -2.43. The maximum absolute atomic E-state index is 13.9. The largest absolute Gasteiger partial charge is 0.493 e. The molecule has 16 nitrogen and oxygen atoms in total. The van der Waals surface area contributed by atoms with Crippen molar-refractivity contribution in [2.75, 3.05) is 109 Å². The highest BCUT2D eigenvalue weighted by molar-refractivity contribution is 5.85. The quantitative estimate of drug-likeness (QED) is 0.0926. The predicted molar refractivity (Wildman–Crippen MR) is 370 cm³/mol. The third-order valence-corrected chi connectivity index (χ3v) is 14.8. The maximum Gasteiger partial charge on any atom is 0.161 e. The molecule has 0 bridgehead atoms. The van der Waals surface area contributed by atoms with Gasteiger partial charge in [0.15, 0.2) is 46.0 Å². The minimum absolute atomic E-state index is 0.00528. The minimum Gasteiger partial charge on any atom is -0.493 e. The van der Waals surface area contributed by atoms with Gasteiger partial charge in [-0.1, -0.05) is 68.0 Å². The van der Waals surface area contributed by atoms with Crippen LogP contribution in [0.15, 0.2) is 48.5 Å². The van der Waals surface area contributed by atoms with Crippen LogP contribution in [0.4, 0.5) is 0 Å². The van der Waals surface area contributed by atoms with Crippen LogP contribution in [0.3, 0.4) is 0 Å². The van der Waals surface area contributed by atoms with Crippen LogP contribution < -0.4 is 37.9 Å². The second-order valence-corrected chi connectivity index (χ2v) is 21.8. The smallest absolute Gasteiger partial charge is 0.161 e. The third-order valence-electron chi connectivity index (χ3n) is 14.8. The molecule has 10 atom stereocenters. The van der Waals surface area contributed by atoms with Gasteiger partial charge in [0.25, 0.3) is 0 Å². The highest BCUT2D eigenvalue weighted by Crippen LogP contribution is 2.48. The molecule has 4 aromatic carbocycles. The van der Waals surface area contributed by atoms with E-state index < -0.39 is 328 Å². The van der Waals surface area contributed by atoms with Crippen molar-refractivity contribution in [1.82, 2.24) is 19.6 Å². The molecule has 0 aromatic heterocycles. The number of methoxy groups -OCH3 is 8. The van der Waals surface area contributed by atoms with E-state index in [0.717, 1.165) is 63.8 Å². The van der Waals surface area contributed by atoms with Crippen molar-refractivity contribution < 1.29 is 141 Å². The van der Waals surface area contributed by atoms with E-state index in [9.17, 15) is 21.9 Å². The number of rotatable bonds is 18. The number of piperidine rings is 4. The van der Waals surface area contributed by atoms with Gasteiger partial charge in [0, 0.05) is 187 Å². The van der Waals surface area contributed by atoms with Crippen molar-refractivity contribution in [1.29, 1.82) is 0 Å². The fourth-order valence-electron chi connectivity index (χ4n) is 10.2. The van der Waals surface area contributed by atoms with Crippen LogP contribution in [0, 0.1) is 47.2 Å². The van der Waals surface area contributed by atoms with Crippen molar-refractivity contribution in [3.05, 3.63) is 93.0 Å². The van der Waals surface area contributed by atoms with E-state index in [2.05, 4.69) is 0 Å². The Morgan fingerprint density at radius 1 is 0.457 bits per heavy atom. The van der Waals surface area contributed by atoms with Gasteiger partial charge < -0.3 is 37.9 Å². The molecule has 516 valence electrons. The number of carbonyl (C=O) groups excluding carboxylic acids is 4. The summed E-state index contributed by atoms with van der Waals surface area (Å²) in [4.78, 5) is 54.5. The molecule has 10 unspecified atom stereocenters. The van der Waals surface area contributed by atoms with Crippen LogP contribution in [0.5, 0.6) is 46.0 Å². The summed E-state index contributed by atoms with van der Waals surface area (Å²) < 4.78 is 548. The van der Waals surface area contributed by atoms with E-state index in [1.54, 1.807) is 27.7 Å². The lowest BCUT2D eigenvalue weighted by atomic mass is 9.79. The highest BCUT2D eigenvalue weighted by atomic mass is 16.5. The number of ketones is 4. The molecule has 12 rings (SSSR count). The van der Waals surface area contributed by atoms with E-state index in [4.69, 9.17) is 119 Å². The van der Waals surface area contributed by atoms with Gasteiger partial charge in [-0.3, -0.25) is 38.8 Å². The van der Waals surface area contributed by atoms with Gasteiger partial charge >= 0.3 is 0 Å². The number of nitrogens with zero attached hydrogens (tertiary/aromatic N) is 4. The average molecular weight is 1360 g/mol. The normalized spacial score (nSPS) is 48.7. The summed E-state index contributed by atoms with van der Waals surface area (Å²) in [5.41, 5.74) is -4.96. The molecule has 94 heavy (non-hydrogen) atoms. The second kappa shape index (κ2) is 32.7. The predicted octanol–water partition coefficient (Wildman–Crippen LogP) is 13.7. The van der Waals surface area contributed by atoms with E-state index in [1.165, 1.54) is 7.11 Å². The van der Waals surface area contributed by atoms with Gasteiger partial charge in [-0.2, -0.15) is 0 Å². The Labute approximate surface area is 648 Å². The first-order chi connectivity index (χ1) is 68.2. The first-order valence-corrected chi connectivity index (χ1v) is 28.8. The van der Waals surface area contributed by atoms with Gasteiger partial charge in [0.1, 0.15) is 23.1 Å². The van der Waals surface area contributed by atoms with Crippen molar-refractivity contribution in [3.63, 3.8) is 0 Å². The van der Waals surface area contributed by atoms with Gasteiger partial charge in [-0.15, -0.1) is 0 Å². The zero-order valence-corrected chi connectivity index (χ0v) is 52.6. The Morgan fingerprint density at radius 2 is 0.809 bits per heavy atom. The second-order valence-electron chi connectivity index (χ2n) is 21.8. The van der Waals surface area contributed by atoms with Crippen LogP contribution in [-0.2, 0) is 44.7 Å². The van der Waals surface area contributed by atoms with Crippen molar-refractivity contribution in [3.8, 4) is 46.0 Å². The molecule has 0 spiro atoms. The fourth-order valence-corrected chi connectivity index (χ4v) is 10.2. The summed E-state index contributed by atoms with van der Waals surface area (Å²) >= 11 is 0. The van der Waals surface area contributed by atoms with Gasteiger partial charge in [-0.05, 0) is 168 Å². The molecule has 0 radical (unpaired) electrons. The van der Waals surface area contributed by atoms with E-state index in [1.807, 2.05) is 0 Å². The van der Waals surface area contributed by atoms with Crippen LogP contribution in [0.2, 0.25) is 0 Å². The van der Waals surface area contributed by atoms with Crippen molar-refractivity contribution >= 4 is 23.1 Å². The number of carbonyl (C=O) groups is 4. The molecule has 4 aromatic rings. The lowest BCUT2D eigenvalue weighted by Crippen LogP contribution is -2.46. The zero-order valence-electron chi connectivity index (χ0n) is 114. The topological polar surface area (TPSA) is 155 Å².